The molecule has 7 nitrogen and oxygen atoms in total. The van der Waals surface area contributed by atoms with E-state index < -0.39 is 12.0 Å². The summed E-state index contributed by atoms with van der Waals surface area (Å²) in [7, 11) is 1.30. The van der Waals surface area contributed by atoms with Gasteiger partial charge in [-0.15, -0.1) is 0 Å². The highest BCUT2D eigenvalue weighted by molar-refractivity contribution is 5.88. The quantitative estimate of drug-likeness (QED) is 0.697. The van der Waals surface area contributed by atoms with Crippen LogP contribution in [-0.4, -0.2) is 61.5 Å². The van der Waals surface area contributed by atoms with E-state index >= 15 is 0 Å². The van der Waals surface area contributed by atoms with Crippen molar-refractivity contribution in [3.8, 4) is 0 Å². The second-order valence-corrected chi connectivity index (χ2v) is 6.49. The molecule has 2 amide bonds. The van der Waals surface area contributed by atoms with Gasteiger partial charge in [0.05, 0.1) is 20.1 Å². The molecule has 1 aliphatic heterocycles. The SMILES string of the molecule is COC(=O)C[C@H]1C(=O)NCCN1CC(=O)N[C@@H]1CCCC[C@@H]1C. The molecule has 0 aromatic rings. The Morgan fingerprint density at radius 3 is 2.78 bits per heavy atom. The number of hydrogen-bond donors (Lipinski definition) is 2. The summed E-state index contributed by atoms with van der Waals surface area (Å²) in [5.74, 6) is -0.254. The maximum Gasteiger partial charge on any atom is 0.307 e. The number of methoxy groups -OCH3 is 1. The monoisotopic (exact) mass is 325 g/mol. The van der Waals surface area contributed by atoms with Crippen molar-refractivity contribution in [2.75, 3.05) is 26.7 Å². The van der Waals surface area contributed by atoms with Gasteiger partial charge >= 0.3 is 5.97 Å². The molecular formula is C16H27N3O4. The normalized spacial score (nSPS) is 28.8. The molecule has 130 valence electrons. The zero-order valence-electron chi connectivity index (χ0n) is 14.0. The molecule has 2 N–H and O–H groups in total. The molecule has 1 heterocycles. The van der Waals surface area contributed by atoms with Crippen LogP contribution in [0.1, 0.15) is 39.0 Å². The highest BCUT2D eigenvalue weighted by Gasteiger charge is 2.33. The summed E-state index contributed by atoms with van der Waals surface area (Å²) >= 11 is 0. The molecule has 2 aliphatic rings. The molecule has 2 rings (SSSR count). The molecule has 2 fully saturated rings. The molecule has 3 atom stereocenters. The maximum atomic E-state index is 12.3. The van der Waals surface area contributed by atoms with E-state index in [0.717, 1.165) is 19.3 Å². The Morgan fingerprint density at radius 2 is 2.09 bits per heavy atom. The Hall–Kier alpha value is -1.63. The minimum atomic E-state index is -0.634. The van der Waals surface area contributed by atoms with Gasteiger partial charge in [-0.2, -0.15) is 0 Å². The van der Waals surface area contributed by atoms with Crippen LogP contribution < -0.4 is 10.6 Å². The van der Waals surface area contributed by atoms with Gasteiger partial charge < -0.3 is 15.4 Å². The fraction of sp³-hybridized carbons (Fsp3) is 0.812. The van der Waals surface area contributed by atoms with Crippen molar-refractivity contribution in [3.63, 3.8) is 0 Å². The second-order valence-electron chi connectivity index (χ2n) is 6.49. The molecule has 0 unspecified atom stereocenters. The standard InChI is InChI=1S/C16H27N3O4/c1-11-5-3-4-6-12(11)18-14(20)10-19-8-7-17-16(22)13(19)9-15(21)23-2/h11-13H,3-10H2,1-2H3,(H,17,22)(H,18,20)/t11-,12+,13-/m0/s1. The zero-order valence-corrected chi connectivity index (χ0v) is 14.0. The number of ether oxygens (including phenoxy) is 1. The zero-order chi connectivity index (χ0) is 16.8. The minimum absolute atomic E-state index is 0.0323. The largest absolute Gasteiger partial charge is 0.469 e. The third-order valence-corrected chi connectivity index (χ3v) is 4.83. The van der Waals surface area contributed by atoms with E-state index in [4.69, 9.17) is 0 Å². The van der Waals surface area contributed by atoms with Crippen LogP contribution in [0.25, 0.3) is 0 Å². The number of rotatable bonds is 5. The van der Waals surface area contributed by atoms with Gasteiger partial charge in [0.1, 0.15) is 6.04 Å². The highest BCUT2D eigenvalue weighted by Crippen LogP contribution is 2.23. The molecule has 0 spiro atoms. The summed E-state index contributed by atoms with van der Waals surface area (Å²) in [6.07, 6.45) is 4.49. The number of hydrogen-bond acceptors (Lipinski definition) is 5. The van der Waals surface area contributed by atoms with Crippen molar-refractivity contribution in [3.05, 3.63) is 0 Å². The summed E-state index contributed by atoms with van der Waals surface area (Å²) in [5, 5.41) is 5.82. The van der Waals surface area contributed by atoms with Crippen LogP contribution in [0, 0.1) is 5.92 Å². The summed E-state index contributed by atoms with van der Waals surface area (Å²) in [6, 6.07) is -0.417. The van der Waals surface area contributed by atoms with Gasteiger partial charge in [-0.1, -0.05) is 19.8 Å². The van der Waals surface area contributed by atoms with Crippen LogP contribution in [0.3, 0.4) is 0 Å². The summed E-state index contributed by atoms with van der Waals surface area (Å²) in [5.41, 5.74) is 0. The van der Waals surface area contributed by atoms with Crippen molar-refractivity contribution < 1.29 is 19.1 Å². The molecular weight excluding hydrogens is 298 g/mol. The highest BCUT2D eigenvalue weighted by atomic mass is 16.5. The van der Waals surface area contributed by atoms with Gasteiger partial charge in [-0.25, -0.2) is 0 Å². The predicted molar refractivity (Wildman–Crippen MR) is 84.6 cm³/mol. The first-order chi connectivity index (χ1) is 11.0. The summed E-state index contributed by atoms with van der Waals surface area (Å²) in [4.78, 5) is 37.6. The fourth-order valence-corrected chi connectivity index (χ4v) is 3.38. The maximum absolute atomic E-state index is 12.3. The van der Waals surface area contributed by atoms with E-state index in [-0.39, 0.29) is 30.8 Å². The third-order valence-electron chi connectivity index (χ3n) is 4.83. The topological polar surface area (TPSA) is 87.7 Å². The van der Waals surface area contributed by atoms with Crippen LogP contribution in [0.15, 0.2) is 0 Å². The van der Waals surface area contributed by atoms with Gasteiger partial charge in [0, 0.05) is 19.1 Å². The Bertz CT molecular complexity index is 455. The van der Waals surface area contributed by atoms with Crippen LogP contribution >= 0.6 is 0 Å². The van der Waals surface area contributed by atoms with Gasteiger partial charge in [0.15, 0.2) is 0 Å². The smallest absolute Gasteiger partial charge is 0.307 e. The van der Waals surface area contributed by atoms with Crippen molar-refractivity contribution >= 4 is 17.8 Å². The molecule has 0 bridgehead atoms. The van der Waals surface area contributed by atoms with E-state index in [2.05, 4.69) is 22.3 Å². The van der Waals surface area contributed by atoms with Crippen molar-refractivity contribution in [2.45, 2.75) is 51.1 Å². The first-order valence-electron chi connectivity index (χ1n) is 8.39. The van der Waals surface area contributed by atoms with Crippen molar-refractivity contribution in [1.82, 2.24) is 15.5 Å². The molecule has 23 heavy (non-hydrogen) atoms. The second kappa shape index (κ2) is 8.29. The number of carbonyl (C=O) groups is 3. The van der Waals surface area contributed by atoms with Crippen LogP contribution in [0.5, 0.6) is 0 Å². The summed E-state index contributed by atoms with van der Waals surface area (Å²) in [6.45, 7) is 3.35. The molecule has 1 saturated carbocycles. The van der Waals surface area contributed by atoms with E-state index in [9.17, 15) is 14.4 Å². The molecule has 0 aromatic heterocycles. The Morgan fingerprint density at radius 1 is 1.35 bits per heavy atom. The van der Waals surface area contributed by atoms with E-state index in [0.29, 0.717) is 19.0 Å². The van der Waals surface area contributed by atoms with E-state index in [1.165, 1.54) is 13.5 Å². The average molecular weight is 325 g/mol. The first-order valence-corrected chi connectivity index (χ1v) is 8.39. The summed E-state index contributed by atoms with van der Waals surface area (Å²) < 4.78 is 4.64. The van der Waals surface area contributed by atoms with Crippen LogP contribution in [0.2, 0.25) is 0 Å². The number of carbonyl (C=O) groups excluding carboxylic acids is 3. The first kappa shape index (κ1) is 17.7. The van der Waals surface area contributed by atoms with E-state index in [1.54, 1.807) is 4.90 Å². The Kier molecular flexibility index (Phi) is 6.38. The molecule has 1 saturated heterocycles. The lowest BCUT2D eigenvalue weighted by Crippen LogP contribution is -2.58. The number of nitrogens with zero attached hydrogens (tertiary/aromatic N) is 1. The fourth-order valence-electron chi connectivity index (χ4n) is 3.38. The van der Waals surface area contributed by atoms with Gasteiger partial charge in [0.2, 0.25) is 11.8 Å². The lowest BCUT2D eigenvalue weighted by Gasteiger charge is -2.35. The third kappa shape index (κ3) is 4.92. The number of piperazine rings is 1. The number of amides is 2. The minimum Gasteiger partial charge on any atom is -0.469 e. The Labute approximate surface area is 137 Å². The van der Waals surface area contributed by atoms with Crippen molar-refractivity contribution in [2.24, 2.45) is 5.92 Å². The van der Waals surface area contributed by atoms with Crippen LogP contribution in [-0.2, 0) is 19.1 Å². The lowest BCUT2D eigenvalue weighted by atomic mass is 9.86. The van der Waals surface area contributed by atoms with E-state index in [1.807, 2.05) is 0 Å². The van der Waals surface area contributed by atoms with Gasteiger partial charge in [-0.3, -0.25) is 19.3 Å². The van der Waals surface area contributed by atoms with Crippen LogP contribution in [0.4, 0.5) is 0 Å². The predicted octanol–water partition coefficient (Wildman–Crippen LogP) is 0.0448. The lowest BCUT2D eigenvalue weighted by molar-refractivity contribution is -0.146. The molecule has 0 radical (unpaired) electrons. The molecule has 1 aliphatic carbocycles. The van der Waals surface area contributed by atoms with Crippen molar-refractivity contribution in [1.29, 1.82) is 0 Å². The molecule has 0 aromatic carbocycles. The number of esters is 1. The number of nitrogens with one attached hydrogen (secondary N) is 2. The Balaban J connectivity index is 1.91. The average Bonchev–Trinajstić information content (AvgIpc) is 2.52. The van der Waals surface area contributed by atoms with Gasteiger partial charge in [0.25, 0.3) is 0 Å². The van der Waals surface area contributed by atoms with Gasteiger partial charge in [-0.05, 0) is 18.8 Å². The molecule has 7 heteroatoms.